The van der Waals surface area contributed by atoms with Crippen LogP contribution in [0, 0.1) is 0 Å². The molecule has 10 heavy (non-hydrogen) atoms. The SMILES string of the molecule is C=CNCCCC(=O)CC. The van der Waals surface area contributed by atoms with E-state index < -0.39 is 0 Å². The molecule has 0 unspecified atom stereocenters. The van der Waals surface area contributed by atoms with Crippen molar-refractivity contribution in [1.82, 2.24) is 5.32 Å². The van der Waals surface area contributed by atoms with Crippen molar-refractivity contribution in [2.45, 2.75) is 26.2 Å². The minimum Gasteiger partial charge on any atom is -0.391 e. The molecule has 1 N–H and O–H groups in total. The third-order valence-corrected chi connectivity index (χ3v) is 1.32. The summed E-state index contributed by atoms with van der Waals surface area (Å²) >= 11 is 0. The van der Waals surface area contributed by atoms with Gasteiger partial charge in [0.05, 0.1) is 0 Å². The zero-order valence-electron chi connectivity index (χ0n) is 6.52. The van der Waals surface area contributed by atoms with E-state index in [-0.39, 0.29) is 0 Å². The topological polar surface area (TPSA) is 29.1 Å². The van der Waals surface area contributed by atoms with Gasteiger partial charge in [-0.05, 0) is 12.6 Å². The molecule has 2 nitrogen and oxygen atoms in total. The van der Waals surface area contributed by atoms with Gasteiger partial charge in [0.1, 0.15) is 5.78 Å². The molecular formula is C8H15NO. The lowest BCUT2D eigenvalue weighted by Gasteiger charge is -1.97. The van der Waals surface area contributed by atoms with Crippen LogP contribution in [0.3, 0.4) is 0 Å². The normalized spacial score (nSPS) is 8.90. The van der Waals surface area contributed by atoms with E-state index in [9.17, 15) is 4.79 Å². The average molecular weight is 141 g/mol. The first-order valence-corrected chi connectivity index (χ1v) is 3.67. The van der Waals surface area contributed by atoms with Crippen molar-refractivity contribution in [3.8, 4) is 0 Å². The predicted octanol–water partition coefficient (Wildman–Crippen LogP) is 1.48. The molecule has 0 aromatic rings. The quantitative estimate of drug-likeness (QED) is 0.568. The van der Waals surface area contributed by atoms with Crippen molar-refractivity contribution < 1.29 is 4.79 Å². The highest BCUT2D eigenvalue weighted by molar-refractivity contribution is 5.77. The zero-order chi connectivity index (χ0) is 7.82. The highest BCUT2D eigenvalue weighted by Gasteiger charge is 1.95. The van der Waals surface area contributed by atoms with E-state index in [4.69, 9.17) is 0 Å². The standard InChI is InChI=1S/C8H15NO/c1-3-8(10)6-5-7-9-4-2/h4,9H,2-3,5-7H2,1H3. The van der Waals surface area contributed by atoms with Gasteiger partial charge >= 0.3 is 0 Å². The first kappa shape index (κ1) is 9.21. The summed E-state index contributed by atoms with van der Waals surface area (Å²) in [5.41, 5.74) is 0. The van der Waals surface area contributed by atoms with Crippen LogP contribution < -0.4 is 5.32 Å². The van der Waals surface area contributed by atoms with Crippen LogP contribution in [0.1, 0.15) is 26.2 Å². The molecule has 0 heterocycles. The molecule has 0 fully saturated rings. The van der Waals surface area contributed by atoms with E-state index in [0.29, 0.717) is 18.6 Å². The van der Waals surface area contributed by atoms with Crippen LogP contribution in [0.2, 0.25) is 0 Å². The summed E-state index contributed by atoms with van der Waals surface area (Å²) in [6.07, 6.45) is 3.92. The van der Waals surface area contributed by atoms with Gasteiger partial charge in [0.15, 0.2) is 0 Å². The lowest BCUT2D eigenvalue weighted by molar-refractivity contribution is -0.118. The number of rotatable bonds is 6. The number of ketones is 1. The van der Waals surface area contributed by atoms with Gasteiger partial charge in [-0.3, -0.25) is 4.79 Å². The summed E-state index contributed by atoms with van der Waals surface area (Å²) in [4.78, 5) is 10.7. The molecule has 0 saturated carbocycles. The van der Waals surface area contributed by atoms with Gasteiger partial charge in [-0.1, -0.05) is 13.5 Å². The Hall–Kier alpha value is -0.790. The van der Waals surface area contributed by atoms with Crippen molar-refractivity contribution in [3.63, 3.8) is 0 Å². The number of nitrogens with one attached hydrogen (secondary N) is 1. The smallest absolute Gasteiger partial charge is 0.132 e. The van der Waals surface area contributed by atoms with E-state index in [2.05, 4.69) is 11.9 Å². The predicted molar refractivity (Wildman–Crippen MR) is 42.7 cm³/mol. The van der Waals surface area contributed by atoms with Crippen LogP contribution in [-0.2, 0) is 4.79 Å². The fourth-order valence-corrected chi connectivity index (χ4v) is 0.666. The molecular weight excluding hydrogens is 126 g/mol. The molecule has 0 aliphatic heterocycles. The summed E-state index contributed by atoms with van der Waals surface area (Å²) in [6.45, 7) is 6.25. The van der Waals surface area contributed by atoms with Crippen molar-refractivity contribution in [1.29, 1.82) is 0 Å². The Morgan fingerprint density at radius 3 is 2.90 bits per heavy atom. The minimum absolute atomic E-state index is 0.339. The third kappa shape index (κ3) is 5.35. The van der Waals surface area contributed by atoms with Crippen LogP contribution in [0.15, 0.2) is 12.8 Å². The number of carbonyl (C=O) groups excluding carboxylic acids is 1. The number of Topliss-reactive ketones (excluding diaryl/α,β-unsaturated/α-hetero) is 1. The Morgan fingerprint density at radius 1 is 1.70 bits per heavy atom. The Kier molecular flexibility index (Phi) is 5.83. The average Bonchev–Trinajstić information content (AvgIpc) is 1.98. The summed E-state index contributed by atoms with van der Waals surface area (Å²) in [7, 11) is 0. The molecule has 0 bridgehead atoms. The highest BCUT2D eigenvalue weighted by atomic mass is 16.1. The molecule has 0 amide bonds. The van der Waals surface area contributed by atoms with Crippen LogP contribution in [0.25, 0.3) is 0 Å². The number of carbonyl (C=O) groups is 1. The molecule has 0 aliphatic rings. The maximum absolute atomic E-state index is 10.7. The van der Waals surface area contributed by atoms with Crippen molar-refractivity contribution in [3.05, 3.63) is 12.8 Å². The lowest BCUT2D eigenvalue weighted by atomic mass is 10.2. The second kappa shape index (κ2) is 6.33. The van der Waals surface area contributed by atoms with Gasteiger partial charge in [-0.2, -0.15) is 0 Å². The molecule has 0 aromatic carbocycles. The summed E-state index contributed by atoms with van der Waals surface area (Å²) < 4.78 is 0. The molecule has 0 atom stereocenters. The van der Waals surface area contributed by atoms with Crippen LogP contribution >= 0.6 is 0 Å². The van der Waals surface area contributed by atoms with Gasteiger partial charge in [0.2, 0.25) is 0 Å². The van der Waals surface area contributed by atoms with Gasteiger partial charge in [-0.25, -0.2) is 0 Å². The summed E-state index contributed by atoms with van der Waals surface area (Å²) in [5, 5.41) is 2.94. The third-order valence-electron chi connectivity index (χ3n) is 1.32. The maximum Gasteiger partial charge on any atom is 0.132 e. The van der Waals surface area contributed by atoms with Crippen molar-refractivity contribution in [2.75, 3.05) is 6.54 Å². The fourth-order valence-electron chi connectivity index (χ4n) is 0.666. The van der Waals surface area contributed by atoms with Gasteiger partial charge in [0.25, 0.3) is 0 Å². The second-order valence-corrected chi connectivity index (χ2v) is 2.15. The molecule has 2 heteroatoms. The Morgan fingerprint density at radius 2 is 2.40 bits per heavy atom. The Balaban J connectivity index is 3.03. The first-order valence-electron chi connectivity index (χ1n) is 3.67. The summed E-state index contributed by atoms with van der Waals surface area (Å²) in [5.74, 6) is 0.339. The van der Waals surface area contributed by atoms with E-state index in [1.807, 2.05) is 6.92 Å². The molecule has 0 radical (unpaired) electrons. The maximum atomic E-state index is 10.7. The van der Waals surface area contributed by atoms with Crippen LogP contribution in [0.4, 0.5) is 0 Å². The van der Waals surface area contributed by atoms with Crippen molar-refractivity contribution in [2.24, 2.45) is 0 Å². The monoisotopic (exact) mass is 141 g/mol. The number of hydrogen-bond acceptors (Lipinski definition) is 2. The Labute approximate surface area is 62.3 Å². The molecule has 0 aromatic heterocycles. The van der Waals surface area contributed by atoms with E-state index in [1.54, 1.807) is 6.20 Å². The second-order valence-electron chi connectivity index (χ2n) is 2.15. The van der Waals surface area contributed by atoms with Gasteiger partial charge < -0.3 is 5.32 Å². The molecule has 0 saturated heterocycles. The first-order chi connectivity index (χ1) is 4.81. The summed E-state index contributed by atoms with van der Waals surface area (Å²) in [6, 6.07) is 0. The van der Waals surface area contributed by atoms with E-state index in [0.717, 1.165) is 13.0 Å². The van der Waals surface area contributed by atoms with E-state index >= 15 is 0 Å². The minimum atomic E-state index is 0.339. The largest absolute Gasteiger partial charge is 0.391 e. The van der Waals surface area contributed by atoms with Gasteiger partial charge in [0, 0.05) is 19.4 Å². The molecule has 0 spiro atoms. The highest BCUT2D eigenvalue weighted by Crippen LogP contribution is 1.92. The molecule has 0 aliphatic carbocycles. The van der Waals surface area contributed by atoms with Crippen LogP contribution in [0.5, 0.6) is 0 Å². The number of hydrogen-bond donors (Lipinski definition) is 1. The molecule has 58 valence electrons. The van der Waals surface area contributed by atoms with Crippen molar-refractivity contribution >= 4 is 5.78 Å². The lowest BCUT2D eigenvalue weighted by Crippen LogP contribution is -2.08. The van der Waals surface area contributed by atoms with Gasteiger partial charge in [-0.15, -0.1) is 0 Å². The van der Waals surface area contributed by atoms with Crippen LogP contribution in [-0.4, -0.2) is 12.3 Å². The Bertz CT molecular complexity index is 110. The fraction of sp³-hybridized carbons (Fsp3) is 0.625. The molecule has 0 rings (SSSR count). The zero-order valence-corrected chi connectivity index (χ0v) is 6.52. The van der Waals surface area contributed by atoms with E-state index in [1.165, 1.54) is 0 Å².